The van der Waals surface area contributed by atoms with Gasteiger partial charge < -0.3 is 14.5 Å². The number of nitrogens with zero attached hydrogens (tertiary/aromatic N) is 2. The summed E-state index contributed by atoms with van der Waals surface area (Å²) in [5.74, 6) is -0.377. The first-order chi connectivity index (χ1) is 11.5. The number of amides is 1. The van der Waals surface area contributed by atoms with E-state index in [4.69, 9.17) is 16.3 Å². The first kappa shape index (κ1) is 20.5. The van der Waals surface area contributed by atoms with E-state index in [0.29, 0.717) is 30.3 Å². The van der Waals surface area contributed by atoms with Crippen LogP contribution < -0.4 is 0 Å². The van der Waals surface area contributed by atoms with Crippen LogP contribution in [0.2, 0.25) is 5.02 Å². The van der Waals surface area contributed by atoms with Crippen LogP contribution in [-0.4, -0.2) is 61.0 Å². The van der Waals surface area contributed by atoms with Crippen molar-refractivity contribution in [2.45, 2.75) is 27.2 Å². The van der Waals surface area contributed by atoms with Crippen molar-refractivity contribution in [1.82, 2.24) is 9.80 Å². The summed E-state index contributed by atoms with van der Waals surface area (Å²) in [4.78, 5) is 28.3. The zero-order valence-electron chi connectivity index (χ0n) is 14.8. The number of hydrogen-bond donors (Lipinski definition) is 0. The average molecular weight is 355 g/mol. The van der Waals surface area contributed by atoms with E-state index < -0.39 is 0 Å². The molecule has 0 unspecified atom stereocenters. The van der Waals surface area contributed by atoms with Gasteiger partial charge in [0, 0.05) is 30.2 Å². The quantitative estimate of drug-likeness (QED) is 0.606. The van der Waals surface area contributed by atoms with E-state index in [2.05, 4.69) is 18.7 Å². The second-order valence-corrected chi connectivity index (χ2v) is 5.82. The molecule has 0 saturated carbocycles. The molecule has 5 nitrogen and oxygen atoms in total. The normalized spacial score (nSPS) is 10.7. The van der Waals surface area contributed by atoms with E-state index in [-0.39, 0.29) is 18.3 Å². The smallest absolute Gasteiger partial charge is 0.307 e. The predicted octanol–water partition coefficient (Wildman–Crippen LogP) is 3.08. The van der Waals surface area contributed by atoms with Crippen molar-refractivity contribution < 1.29 is 14.3 Å². The minimum Gasteiger partial charge on any atom is -0.466 e. The molecule has 0 N–H and O–H groups in total. The highest BCUT2D eigenvalue weighted by atomic mass is 35.5. The summed E-state index contributed by atoms with van der Waals surface area (Å²) in [6, 6.07) is 6.81. The monoisotopic (exact) mass is 354 g/mol. The van der Waals surface area contributed by atoms with E-state index in [1.54, 1.807) is 36.1 Å². The molecule has 0 saturated heterocycles. The number of rotatable bonds is 10. The molecule has 0 aromatic heterocycles. The third kappa shape index (κ3) is 6.89. The molecule has 0 atom stereocenters. The van der Waals surface area contributed by atoms with Gasteiger partial charge in [0.2, 0.25) is 0 Å². The SMILES string of the molecule is CCOC(=O)CCN(CCN(CC)CC)C(=O)c1ccc(Cl)cc1. The van der Waals surface area contributed by atoms with Crippen LogP contribution in [0.15, 0.2) is 24.3 Å². The molecule has 0 radical (unpaired) electrons. The van der Waals surface area contributed by atoms with Gasteiger partial charge in [0.05, 0.1) is 13.0 Å². The summed E-state index contributed by atoms with van der Waals surface area (Å²) in [6.45, 7) is 9.85. The molecule has 0 bridgehead atoms. The summed E-state index contributed by atoms with van der Waals surface area (Å²) in [5.41, 5.74) is 0.572. The van der Waals surface area contributed by atoms with Crippen LogP contribution in [0, 0.1) is 0 Å². The zero-order valence-corrected chi connectivity index (χ0v) is 15.5. The van der Waals surface area contributed by atoms with Gasteiger partial charge >= 0.3 is 5.97 Å². The highest BCUT2D eigenvalue weighted by Gasteiger charge is 2.18. The molecule has 0 aliphatic carbocycles. The molecule has 0 heterocycles. The number of carbonyl (C=O) groups excluding carboxylic acids is 2. The van der Waals surface area contributed by atoms with Gasteiger partial charge in [-0.1, -0.05) is 25.4 Å². The van der Waals surface area contributed by atoms with Crippen LogP contribution >= 0.6 is 11.6 Å². The van der Waals surface area contributed by atoms with Crippen molar-refractivity contribution in [3.05, 3.63) is 34.9 Å². The van der Waals surface area contributed by atoms with Crippen LogP contribution in [0.5, 0.6) is 0 Å². The Morgan fingerprint density at radius 3 is 2.17 bits per heavy atom. The molecule has 0 aliphatic rings. The lowest BCUT2D eigenvalue weighted by Crippen LogP contribution is -2.40. The molecule has 24 heavy (non-hydrogen) atoms. The maximum Gasteiger partial charge on any atom is 0.307 e. The minimum absolute atomic E-state index is 0.0943. The first-order valence-corrected chi connectivity index (χ1v) is 8.82. The Hall–Kier alpha value is -1.59. The lowest BCUT2D eigenvalue weighted by atomic mass is 10.2. The molecular formula is C18H27ClN2O3. The van der Waals surface area contributed by atoms with Crippen LogP contribution in [0.3, 0.4) is 0 Å². The molecule has 0 aliphatic heterocycles. The van der Waals surface area contributed by atoms with Crippen LogP contribution in [-0.2, 0) is 9.53 Å². The Bertz CT molecular complexity index is 516. The molecule has 1 aromatic carbocycles. The summed E-state index contributed by atoms with van der Waals surface area (Å²) < 4.78 is 4.96. The Labute approximate surface area is 149 Å². The third-order valence-electron chi connectivity index (χ3n) is 3.85. The van der Waals surface area contributed by atoms with E-state index in [0.717, 1.165) is 19.6 Å². The number of hydrogen-bond acceptors (Lipinski definition) is 4. The van der Waals surface area contributed by atoms with Gasteiger partial charge in [0.25, 0.3) is 5.91 Å². The largest absolute Gasteiger partial charge is 0.466 e. The van der Waals surface area contributed by atoms with Gasteiger partial charge in [-0.15, -0.1) is 0 Å². The van der Waals surface area contributed by atoms with E-state index in [1.165, 1.54) is 0 Å². The average Bonchev–Trinajstić information content (AvgIpc) is 2.58. The van der Waals surface area contributed by atoms with E-state index in [9.17, 15) is 9.59 Å². The maximum atomic E-state index is 12.7. The fourth-order valence-electron chi connectivity index (χ4n) is 2.35. The minimum atomic E-state index is -0.283. The van der Waals surface area contributed by atoms with Gasteiger partial charge in [0.1, 0.15) is 0 Å². The van der Waals surface area contributed by atoms with E-state index in [1.807, 2.05) is 0 Å². The molecule has 0 spiro atoms. The summed E-state index contributed by atoms with van der Waals surface area (Å²) >= 11 is 5.88. The molecule has 134 valence electrons. The van der Waals surface area contributed by atoms with Crippen molar-refractivity contribution >= 4 is 23.5 Å². The van der Waals surface area contributed by atoms with Gasteiger partial charge in [-0.25, -0.2) is 0 Å². The van der Waals surface area contributed by atoms with Crippen LogP contribution in [0.1, 0.15) is 37.6 Å². The number of benzene rings is 1. The molecule has 6 heteroatoms. The number of halogens is 1. The van der Waals surface area contributed by atoms with Gasteiger partial charge in [-0.2, -0.15) is 0 Å². The standard InChI is InChI=1S/C18H27ClN2O3/c1-4-20(5-2)13-14-21(12-11-17(22)24-6-3)18(23)15-7-9-16(19)10-8-15/h7-10H,4-6,11-14H2,1-3H3. The first-order valence-electron chi connectivity index (χ1n) is 8.44. The van der Waals surface area contributed by atoms with Gasteiger partial charge in [-0.3, -0.25) is 9.59 Å². The number of esters is 1. The van der Waals surface area contributed by atoms with Gasteiger partial charge in [-0.05, 0) is 44.3 Å². The molecular weight excluding hydrogens is 328 g/mol. The van der Waals surface area contributed by atoms with Crippen molar-refractivity contribution in [3.63, 3.8) is 0 Å². The van der Waals surface area contributed by atoms with Crippen LogP contribution in [0.4, 0.5) is 0 Å². The summed E-state index contributed by atoms with van der Waals surface area (Å²) in [5, 5.41) is 0.591. The Kier molecular flexibility index (Phi) is 9.42. The Morgan fingerprint density at radius 1 is 1.00 bits per heavy atom. The predicted molar refractivity (Wildman–Crippen MR) is 96.4 cm³/mol. The molecule has 1 aromatic rings. The molecule has 1 amide bonds. The number of ether oxygens (including phenoxy) is 1. The van der Waals surface area contributed by atoms with Gasteiger partial charge in [0.15, 0.2) is 0 Å². The van der Waals surface area contributed by atoms with Crippen molar-refractivity contribution in [1.29, 1.82) is 0 Å². The zero-order chi connectivity index (χ0) is 17.9. The highest BCUT2D eigenvalue weighted by Crippen LogP contribution is 2.12. The fraction of sp³-hybridized carbons (Fsp3) is 0.556. The van der Waals surface area contributed by atoms with Crippen LogP contribution in [0.25, 0.3) is 0 Å². The van der Waals surface area contributed by atoms with Crippen molar-refractivity contribution in [3.8, 4) is 0 Å². The van der Waals surface area contributed by atoms with Crippen molar-refractivity contribution in [2.75, 3.05) is 39.3 Å². The third-order valence-corrected chi connectivity index (χ3v) is 4.10. The van der Waals surface area contributed by atoms with Crippen molar-refractivity contribution in [2.24, 2.45) is 0 Å². The Balaban J connectivity index is 2.76. The number of likely N-dealkylation sites (N-methyl/N-ethyl adjacent to an activating group) is 1. The second kappa shape index (κ2) is 11.0. The second-order valence-electron chi connectivity index (χ2n) is 5.38. The Morgan fingerprint density at radius 2 is 1.62 bits per heavy atom. The van der Waals surface area contributed by atoms with E-state index >= 15 is 0 Å². The topological polar surface area (TPSA) is 49.9 Å². The highest BCUT2D eigenvalue weighted by molar-refractivity contribution is 6.30. The lowest BCUT2D eigenvalue weighted by molar-refractivity contribution is -0.143. The maximum absolute atomic E-state index is 12.7. The molecule has 0 fully saturated rings. The fourth-order valence-corrected chi connectivity index (χ4v) is 2.48. The number of carbonyl (C=O) groups is 2. The summed E-state index contributed by atoms with van der Waals surface area (Å²) in [6.07, 6.45) is 0.200. The molecule has 1 rings (SSSR count). The summed E-state index contributed by atoms with van der Waals surface area (Å²) in [7, 11) is 0. The lowest BCUT2D eigenvalue weighted by Gasteiger charge is -2.26.